The van der Waals surface area contributed by atoms with Crippen molar-refractivity contribution in [3.8, 4) is 0 Å². The van der Waals surface area contributed by atoms with Gasteiger partial charge in [-0.3, -0.25) is 4.79 Å². The van der Waals surface area contributed by atoms with Gasteiger partial charge >= 0.3 is 0 Å². The Bertz CT molecular complexity index is 767. The zero-order chi connectivity index (χ0) is 18.9. The smallest absolute Gasteiger partial charge is 0.252 e. The van der Waals surface area contributed by atoms with Gasteiger partial charge in [0.2, 0.25) is 0 Å². The molecule has 2 heterocycles. The molecule has 0 aliphatic carbocycles. The first-order valence-electron chi connectivity index (χ1n) is 9.31. The van der Waals surface area contributed by atoms with E-state index in [-0.39, 0.29) is 23.8 Å². The molecule has 0 fully saturated rings. The van der Waals surface area contributed by atoms with Crippen LogP contribution in [0.15, 0.2) is 30.3 Å². The van der Waals surface area contributed by atoms with Crippen LogP contribution in [0.4, 0.5) is 0 Å². The average Bonchev–Trinajstić information content (AvgIpc) is 3.05. The third-order valence-corrected chi connectivity index (χ3v) is 5.33. The second-order valence-corrected chi connectivity index (χ2v) is 7.71. The monoisotopic (exact) mass is 356 g/mol. The molecule has 3 unspecified atom stereocenters. The maximum absolute atomic E-state index is 12.8. The van der Waals surface area contributed by atoms with Gasteiger partial charge in [0.05, 0.1) is 6.54 Å². The van der Waals surface area contributed by atoms with Crippen LogP contribution in [-0.2, 0) is 17.8 Å². The lowest BCUT2D eigenvalue weighted by Gasteiger charge is -2.32. The van der Waals surface area contributed by atoms with E-state index in [9.17, 15) is 9.90 Å². The van der Waals surface area contributed by atoms with Gasteiger partial charge in [-0.15, -0.1) is 0 Å². The lowest BCUT2D eigenvalue weighted by molar-refractivity contribution is -0.141. The number of aryl methyl sites for hydroxylation is 1. The van der Waals surface area contributed by atoms with Crippen molar-refractivity contribution in [3.05, 3.63) is 47.5 Å². The molecule has 1 aromatic carbocycles. The lowest BCUT2D eigenvalue weighted by Crippen LogP contribution is -2.53. The molecule has 26 heavy (non-hydrogen) atoms. The maximum atomic E-state index is 12.8. The molecule has 2 aromatic rings. The fourth-order valence-corrected chi connectivity index (χ4v) is 3.29. The Labute approximate surface area is 154 Å². The number of hydrogen-bond acceptors (Lipinski definition) is 4. The number of aliphatic hydroxyl groups is 1. The molecule has 1 aliphatic heterocycles. The minimum Gasteiger partial charge on any atom is -0.380 e. The molecule has 3 atom stereocenters. The minimum absolute atomic E-state index is 0.0499. The van der Waals surface area contributed by atoms with Crippen molar-refractivity contribution in [2.24, 2.45) is 0 Å². The highest BCUT2D eigenvalue weighted by Crippen LogP contribution is 2.28. The maximum Gasteiger partial charge on any atom is 0.252 e. The van der Waals surface area contributed by atoms with E-state index < -0.39 is 5.60 Å². The van der Waals surface area contributed by atoms with Crippen LogP contribution < -0.4 is 5.32 Å². The van der Waals surface area contributed by atoms with Gasteiger partial charge in [0.15, 0.2) is 5.82 Å². The summed E-state index contributed by atoms with van der Waals surface area (Å²) in [6, 6.07) is 9.57. The van der Waals surface area contributed by atoms with Gasteiger partial charge in [0, 0.05) is 24.3 Å². The van der Waals surface area contributed by atoms with Gasteiger partial charge in [0.25, 0.3) is 5.91 Å². The molecule has 6 heteroatoms. The molecule has 6 nitrogen and oxygen atoms in total. The molecular weight excluding hydrogens is 328 g/mol. The summed E-state index contributed by atoms with van der Waals surface area (Å²) in [6.45, 7) is 8.20. The van der Waals surface area contributed by atoms with E-state index >= 15 is 0 Å². The first-order chi connectivity index (χ1) is 12.3. The summed E-state index contributed by atoms with van der Waals surface area (Å²) in [4.78, 5) is 17.3. The van der Waals surface area contributed by atoms with E-state index in [1.54, 1.807) is 6.92 Å². The van der Waals surface area contributed by atoms with Crippen molar-refractivity contribution in [2.45, 2.75) is 70.6 Å². The fourth-order valence-electron chi connectivity index (χ4n) is 3.29. The van der Waals surface area contributed by atoms with E-state index in [0.717, 1.165) is 30.1 Å². The Kier molecular flexibility index (Phi) is 5.14. The van der Waals surface area contributed by atoms with Crippen LogP contribution in [0.3, 0.4) is 0 Å². The van der Waals surface area contributed by atoms with Crippen LogP contribution in [0.2, 0.25) is 0 Å². The van der Waals surface area contributed by atoms with Crippen LogP contribution >= 0.6 is 0 Å². The van der Waals surface area contributed by atoms with Crippen LogP contribution in [-0.4, -0.2) is 37.4 Å². The molecule has 0 spiro atoms. The van der Waals surface area contributed by atoms with Gasteiger partial charge in [-0.1, -0.05) is 51.1 Å². The van der Waals surface area contributed by atoms with Crippen molar-refractivity contribution in [1.82, 2.24) is 20.1 Å². The Balaban J connectivity index is 1.67. The number of aromatic nitrogens is 3. The van der Waals surface area contributed by atoms with E-state index in [2.05, 4.69) is 29.2 Å². The van der Waals surface area contributed by atoms with E-state index in [1.165, 1.54) is 0 Å². The van der Waals surface area contributed by atoms with Gasteiger partial charge in [-0.05, 0) is 18.9 Å². The molecular formula is C20H28N4O2. The molecule has 2 N–H and O–H groups in total. The Morgan fingerprint density at radius 2 is 2.00 bits per heavy atom. The number of carbonyl (C=O) groups excluding carboxylic acids is 1. The van der Waals surface area contributed by atoms with E-state index in [1.807, 2.05) is 41.9 Å². The number of fused-ring (bicyclic) bond motifs is 1. The van der Waals surface area contributed by atoms with Gasteiger partial charge < -0.3 is 10.4 Å². The second kappa shape index (κ2) is 7.19. The lowest BCUT2D eigenvalue weighted by atomic mass is 9.84. The molecule has 0 saturated carbocycles. The highest BCUT2D eigenvalue weighted by Gasteiger charge is 2.38. The first-order valence-corrected chi connectivity index (χ1v) is 9.31. The summed E-state index contributed by atoms with van der Waals surface area (Å²) in [5, 5.41) is 18.4. The second-order valence-electron chi connectivity index (χ2n) is 7.71. The van der Waals surface area contributed by atoms with Gasteiger partial charge in [-0.25, -0.2) is 9.67 Å². The number of rotatable bonds is 5. The molecule has 0 bridgehead atoms. The summed E-state index contributed by atoms with van der Waals surface area (Å²) in [5.74, 6) is 1.46. The quantitative estimate of drug-likeness (QED) is 0.862. The zero-order valence-corrected chi connectivity index (χ0v) is 15.9. The normalized spacial score (nSPS) is 20.3. The number of nitrogens with zero attached hydrogens (tertiary/aromatic N) is 3. The molecule has 3 rings (SSSR count). The summed E-state index contributed by atoms with van der Waals surface area (Å²) in [6.07, 6.45) is 1.58. The van der Waals surface area contributed by atoms with Gasteiger partial charge in [0.1, 0.15) is 11.4 Å². The third kappa shape index (κ3) is 3.65. The van der Waals surface area contributed by atoms with Crippen LogP contribution in [0.25, 0.3) is 0 Å². The molecule has 140 valence electrons. The molecule has 1 aromatic heterocycles. The van der Waals surface area contributed by atoms with Crippen molar-refractivity contribution < 1.29 is 9.90 Å². The standard InChI is InChI=1S/C20H28N4O2/c1-13(2)18-22-17-11-10-16(12-24(17)23-18)21-19(25)20(4,26)14(3)15-8-6-5-7-9-15/h5-9,13-14,16,26H,10-12H2,1-4H3,(H,21,25). The topological polar surface area (TPSA) is 80.0 Å². The Morgan fingerprint density at radius 1 is 1.31 bits per heavy atom. The Morgan fingerprint density at radius 3 is 2.65 bits per heavy atom. The summed E-state index contributed by atoms with van der Waals surface area (Å²) < 4.78 is 1.89. The predicted octanol–water partition coefficient (Wildman–Crippen LogP) is 2.39. The Hall–Kier alpha value is -2.21. The van der Waals surface area contributed by atoms with Crippen molar-refractivity contribution in [3.63, 3.8) is 0 Å². The number of hydrogen-bond donors (Lipinski definition) is 2. The first kappa shape index (κ1) is 18.6. The summed E-state index contributed by atoms with van der Waals surface area (Å²) in [5.41, 5.74) is -0.538. The fraction of sp³-hybridized carbons (Fsp3) is 0.550. The molecule has 1 amide bonds. The van der Waals surface area contributed by atoms with E-state index in [4.69, 9.17) is 0 Å². The SMILES string of the molecule is CC(C)c1nc2n(n1)CC(NC(=O)C(C)(O)C(C)c1ccccc1)CC2. The average molecular weight is 356 g/mol. The third-order valence-electron chi connectivity index (χ3n) is 5.33. The molecule has 0 radical (unpaired) electrons. The summed E-state index contributed by atoms with van der Waals surface area (Å²) >= 11 is 0. The summed E-state index contributed by atoms with van der Waals surface area (Å²) in [7, 11) is 0. The number of carbonyl (C=O) groups is 1. The van der Waals surface area contributed by atoms with E-state index in [0.29, 0.717) is 6.54 Å². The van der Waals surface area contributed by atoms with Crippen molar-refractivity contribution in [2.75, 3.05) is 0 Å². The number of amides is 1. The predicted molar refractivity (Wildman–Crippen MR) is 99.8 cm³/mol. The largest absolute Gasteiger partial charge is 0.380 e. The van der Waals surface area contributed by atoms with Crippen molar-refractivity contribution >= 4 is 5.91 Å². The van der Waals surface area contributed by atoms with Gasteiger partial charge in [-0.2, -0.15) is 5.10 Å². The van der Waals surface area contributed by atoms with Crippen LogP contribution in [0.5, 0.6) is 0 Å². The molecule has 1 aliphatic rings. The minimum atomic E-state index is -1.48. The number of benzene rings is 1. The van der Waals surface area contributed by atoms with Crippen LogP contribution in [0.1, 0.15) is 63.2 Å². The number of nitrogens with one attached hydrogen (secondary N) is 1. The molecule has 0 saturated heterocycles. The highest BCUT2D eigenvalue weighted by molar-refractivity contribution is 5.85. The van der Waals surface area contributed by atoms with Crippen LogP contribution in [0, 0.1) is 0 Å². The highest BCUT2D eigenvalue weighted by atomic mass is 16.3. The zero-order valence-electron chi connectivity index (χ0n) is 15.9. The van der Waals surface area contributed by atoms with Crippen molar-refractivity contribution in [1.29, 1.82) is 0 Å².